The Morgan fingerprint density at radius 1 is 1.29 bits per heavy atom. The van der Waals surface area contributed by atoms with Crippen molar-refractivity contribution >= 4 is 27.7 Å². The molecular weight excluding hydrogens is 332 g/mol. The molecule has 0 unspecified atom stereocenters. The molecule has 1 aromatic carbocycles. The van der Waals surface area contributed by atoms with Gasteiger partial charge in [0.15, 0.2) is 0 Å². The van der Waals surface area contributed by atoms with Crippen molar-refractivity contribution in [3.05, 3.63) is 34.3 Å². The number of rotatable bonds is 3. The van der Waals surface area contributed by atoms with Crippen molar-refractivity contribution < 1.29 is 9.59 Å². The number of carbonyl (C=O) groups excluding carboxylic acids is 2. The molecule has 114 valence electrons. The molecule has 1 aliphatic rings. The van der Waals surface area contributed by atoms with Gasteiger partial charge in [-0.1, -0.05) is 28.1 Å². The molecule has 2 amide bonds. The number of primary amides is 1. The molecule has 0 bridgehead atoms. The average Bonchev–Trinajstić information content (AvgIpc) is 2.46. The lowest BCUT2D eigenvalue weighted by molar-refractivity contribution is -0.139. The number of hydrogen-bond donors (Lipinski definition) is 1. The Kier molecular flexibility index (Phi) is 4.71. The summed E-state index contributed by atoms with van der Waals surface area (Å²) in [7, 11) is 0. The maximum Gasteiger partial charge on any atom is 0.232 e. The van der Waals surface area contributed by atoms with Crippen molar-refractivity contribution in [2.24, 2.45) is 11.7 Å². The minimum Gasteiger partial charge on any atom is -0.369 e. The maximum absolute atomic E-state index is 12.8. The molecule has 5 heteroatoms. The Morgan fingerprint density at radius 2 is 1.90 bits per heavy atom. The molecule has 2 N–H and O–H groups in total. The molecular formula is C16H21BrN2O2. The fourth-order valence-corrected chi connectivity index (χ4v) is 3.16. The second-order valence-corrected chi connectivity index (χ2v) is 7.02. The molecule has 0 aromatic heterocycles. The molecule has 1 heterocycles. The fourth-order valence-electron chi connectivity index (χ4n) is 2.76. The maximum atomic E-state index is 12.8. The molecule has 1 fully saturated rings. The molecule has 0 radical (unpaired) electrons. The van der Waals surface area contributed by atoms with E-state index in [1.165, 1.54) is 0 Å². The predicted molar refractivity (Wildman–Crippen MR) is 85.7 cm³/mol. The summed E-state index contributed by atoms with van der Waals surface area (Å²) in [4.78, 5) is 25.9. The van der Waals surface area contributed by atoms with Gasteiger partial charge >= 0.3 is 0 Å². The molecule has 1 aromatic rings. The first-order chi connectivity index (χ1) is 9.82. The van der Waals surface area contributed by atoms with Crippen molar-refractivity contribution in [1.29, 1.82) is 0 Å². The van der Waals surface area contributed by atoms with E-state index in [1.54, 1.807) is 0 Å². The van der Waals surface area contributed by atoms with E-state index in [2.05, 4.69) is 15.9 Å². The van der Waals surface area contributed by atoms with E-state index in [0.29, 0.717) is 25.9 Å². The highest BCUT2D eigenvalue weighted by Crippen LogP contribution is 2.29. The molecule has 1 aliphatic heterocycles. The second kappa shape index (κ2) is 6.18. The van der Waals surface area contributed by atoms with Crippen LogP contribution in [0.2, 0.25) is 0 Å². The Hall–Kier alpha value is -1.36. The van der Waals surface area contributed by atoms with Crippen molar-refractivity contribution in [2.75, 3.05) is 13.1 Å². The molecule has 2 rings (SSSR count). The van der Waals surface area contributed by atoms with Crippen LogP contribution in [0.5, 0.6) is 0 Å². The number of piperidine rings is 1. The zero-order valence-electron chi connectivity index (χ0n) is 12.4. The summed E-state index contributed by atoms with van der Waals surface area (Å²) in [5.74, 6) is -0.250. The lowest BCUT2D eigenvalue weighted by Crippen LogP contribution is -2.48. The third-order valence-corrected chi connectivity index (χ3v) is 4.76. The van der Waals surface area contributed by atoms with E-state index < -0.39 is 5.41 Å². The van der Waals surface area contributed by atoms with Crippen LogP contribution in [0.25, 0.3) is 0 Å². The largest absolute Gasteiger partial charge is 0.369 e. The van der Waals surface area contributed by atoms with Crippen molar-refractivity contribution in [1.82, 2.24) is 4.90 Å². The summed E-state index contributed by atoms with van der Waals surface area (Å²) >= 11 is 3.45. The monoisotopic (exact) mass is 352 g/mol. The van der Waals surface area contributed by atoms with Gasteiger partial charge in [0, 0.05) is 23.5 Å². The summed E-state index contributed by atoms with van der Waals surface area (Å²) in [6, 6.07) is 7.84. The molecule has 0 spiro atoms. The van der Waals surface area contributed by atoms with Gasteiger partial charge in [-0.15, -0.1) is 0 Å². The first-order valence-corrected chi connectivity index (χ1v) is 7.96. The molecule has 1 saturated heterocycles. The zero-order valence-corrected chi connectivity index (χ0v) is 14.0. The van der Waals surface area contributed by atoms with Gasteiger partial charge in [0.1, 0.15) is 0 Å². The third-order valence-electron chi connectivity index (χ3n) is 4.27. The number of hydrogen-bond acceptors (Lipinski definition) is 2. The highest BCUT2D eigenvalue weighted by molar-refractivity contribution is 9.10. The van der Waals surface area contributed by atoms with E-state index in [4.69, 9.17) is 5.73 Å². The number of benzene rings is 1. The van der Waals surface area contributed by atoms with Gasteiger partial charge in [-0.05, 0) is 44.4 Å². The Labute approximate surface area is 133 Å². The minimum absolute atomic E-state index is 0.0944. The van der Waals surface area contributed by atoms with E-state index >= 15 is 0 Å². The lowest BCUT2D eigenvalue weighted by atomic mass is 9.82. The third kappa shape index (κ3) is 3.46. The topological polar surface area (TPSA) is 63.4 Å². The van der Waals surface area contributed by atoms with Crippen LogP contribution in [-0.2, 0) is 15.0 Å². The Bertz CT molecular complexity index is 549. The lowest BCUT2D eigenvalue weighted by Gasteiger charge is -2.36. The summed E-state index contributed by atoms with van der Waals surface area (Å²) in [6.07, 6.45) is 1.32. The smallest absolute Gasteiger partial charge is 0.232 e. The van der Waals surface area contributed by atoms with Gasteiger partial charge in [0.25, 0.3) is 0 Å². The van der Waals surface area contributed by atoms with E-state index in [9.17, 15) is 9.59 Å². The predicted octanol–water partition coefficient (Wildman–Crippen LogP) is 2.45. The Balaban J connectivity index is 2.11. The van der Waals surface area contributed by atoms with E-state index in [1.807, 2.05) is 43.0 Å². The van der Waals surface area contributed by atoms with Gasteiger partial charge in [-0.2, -0.15) is 0 Å². The van der Waals surface area contributed by atoms with Gasteiger partial charge in [-0.3, -0.25) is 9.59 Å². The summed E-state index contributed by atoms with van der Waals surface area (Å²) < 4.78 is 0.966. The Morgan fingerprint density at radius 3 is 2.43 bits per heavy atom. The van der Waals surface area contributed by atoms with Crippen LogP contribution in [0.15, 0.2) is 28.7 Å². The molecule has 0 saturated carbocycles. The van der Waals surface area contributed by atoms with Crippen LogP contribution >= 0.6 is 15.9 Å². The standard InChI is InChI=1S/C16H21BrN2O2/c1-16(2,12-4-3-5-13(17)10-12)15(21)19-8-6-11(7-9-19)14(18)20/h3-5,10-11H,6-9H2,1-2H3,(H2,18,20). The summed E-state index contributed by atoms with van der Waals surface area (Å²) in [5.41, 5.74) is 5.74. The molecule has 21 heavy (non-hydrogen) atoms. The van der Waals surface area contributed by atoms with Crippen LogP contribution in [0.3, 0.4) is 0 Å². The number of likely N-dealkylation sites (tertiary alicyclic amines) is 1. The minimum atomic E-state index is -0.580. The summed E-state index contributed by atoms with van der Waals surface area (Å²) in [6.45, 7) is 5.09. The highest BCUT2D eigenvalue weighted by Gasteiger charge is 2.36. The number of nitrogens with zero attached hydrogens (tertiary/aromatic N) is 1. The normalized spacial score (nSPS) is 16.8. The number of amides is 2. The number of carbonyl (C=O) groups is 2. The summed E-state index contributed by atoms with van der Waals surface area (Å²) in [5, 5.41) is 0. The van der Waals surface area contributed by atoms with Crippen LogP contribution < -0.4 is 5.73 Å². The molecule has 4 nitrogen and oxygen atoms in total. The van der Waals surface area contributed by atoms with E-state index in [-0.39, 0.29) is 17.7 Å². The van der Waals surface area contributed by atoms with Crippen LogP contribution in [0.1, 0.15) is 32.3 Å². The second-order valence-electron chi connectivity index (χ2n) is 6.10. The SMILES string of the molecule is CC(C)(C(=O)N1CCC(C(N)=O)CC1)c1cccc(Br)c1. The van der Waals surface area contributed by atoms with Crippen molar-refractivity contribution in [3.63, 3.8) is 0 Å². The molecule has 0 atom stereocenters. The van der Waals surface area contributed by atoms with E-state index in [0.717, 1.165) is 10.0 Å². The first kappa shape index (κ1) is 16.0. The molecule has 0 aliphatic carbocycles. The van der Waals surface area contributed by atoms with Gasteiger partial charge in [-0.25, -0.2) is 0 Å². The van der Waals surface area contributed by atoms with Crippen LogP contribution in [0.4, 0.5) is 0 Å². The van der Waals surface area contributed by atoms with Crippen molar-refractivity contribution in [2.45, 2.75) is 32.1 Å². The number of nitrogens with two attached hydrogens (primary N) is 1. The van der Waals surface area contributed by atoms with Gasteiger partial charge < -0.3 is 10.6 Å². The van der Waals surface area contributed by atoms with Gasteiger partial charge in [0.05, 0.1) is 5.41 Å². The van der Waals surface area contributed by atoms with Gasteiger partial charge in [0.2, 0.25) is 11.8 Å². The fraction of sp³-hybridized carbons (Fsp3) is 0.500. The first-order valence-electron chi connectivity index (χ1n) is 7.17. The number of halogens is 1. The van der Waals surface area contributed by atoms with Crippen LogP contribution in [0, 0.1) is 5.92 Å². The average molecular weight is 353 g/mol. The van der Waals surface area contributed by atoms with Crippen LogP contribution in [-0.4, -0.2) is 29.8 Å². The van der Waals surface area contributed by atoms with Crippen molar-refractivity contribution in [3.8, 4) is 0 Å². The quantitative estimate of drug-likeness (QED) is 0.907. The highest BCUT2D eigenvalue weighted by atomic mass is 79.9. The zero-order chi connectivity index (χ0) is 15.6.